The third kappa shape index (κ3) is 4.52. The molecule has 0 spiro atoms. The fraction of sp³-hybridized carbons (Fsp3) is 0.600. The van der Waals surface area contributed by atoms with Gasteiger partial charge in [-0.1, -0.05) is 13.8 Å². The van der Waals surface area contributed by atoms with Crippen molar-refractivity contribution in [1.29, 1.82) is 0 Å². The van der Waals surface area contributed by atoms with Gasteiger partial charge in [0.25, 0.3) is 0 Å². The van der Waals surface area contributed by atoms with E-state index in [-0.39, 0.29) is 0 Å². The second kappa shape index (κ2) is 7.32. The van der Waals surface area contributed by atoms with Crippen molar-refractivity contribution in [2.24, 2.45) is 0 Å². The minimum Gasteiger partial charge on any atom is -0.376 e. The molecule has 0 aliphatic carbocycles. The van der Waals surface area contributed by atoms with Gasteiger partial charge in [-0.2, -0.15) is 0 Å². The molecule has 0 amide bonds. The lowest BCUT2D eigenvalue weighted by molar-refractivity contribution is 0.136. The van der Waals surface area contributed by atoms with Crippen LogP contribution >= 0.6 is 11.3 Å². The molecule has 12 heavy (non-hydrogen) atoms. The van der Waals surface area contributed by atoms with Crippen molar-refractivity contribution in [3.8, 4) is 0 Å². The highest BCUT2D eigenvalue weighted by Crippen LogP contribution is 2.15. The molecule has 0 saturated carbocycles. The number of ether oxygens (including phenoxy) is 1. The van der Waals surface area contributed by atoms with Gasteiger partial charge in [-0.25, -0.2) is 0 Å². The molecule has 2 heteroatoms. The molecule has 0 radical (unpaired) electrons. The van der Waals surface area contributed by atoms with Gasteiger partial charge in [-0.3, -0.25) is 0 Å². The zero-order valence-corrected chi connectivity index (χ0v) is 9.20. The highest BCUT2D eigenvalue weighted by Gasteiger charge is 1.94. The van der Waals surface area contributed by atoms with E-state index in [1.165, 1.54) is 9.75 Å². The van der Waals surface area contributed by atoms with Crippen molar-refractivity contribution in [2.75, 3.05) is 6.61 Å². The van der Waals surface area contributed by atoms with Crippen molar-refractivity contribution in [3.63, 3.8) is 0 Å². The van der Waals surface area contributed by atoms with Crippen LogP contribution in [0.25, 0.3) is 0 Å². The Morgan fingerprint density at radius 3 is 2.42 bits per heavy atom. The Kier molecular flexibility index (Phi) is 7.11. The molecule has 1 aromatic rings. The van der Waals surface area contributed by atoms with Gasteiger partial charge in [-0.15, -0.1) is 11.3 Å². The summed E-state index contributed by atoms with van der Waals surface area (Å²) in [6.07, 6.45) is 0. The van der Waals surface area contributed by atoms with Crippen LogP contribution in [0.3, 0.4) is 0 Å². The average molecular weight is 186 g/mol. The van der Waals surface area contributed by atoms with Gasteiger partial charge in [-0.05, 0) is 26.0 Å². The van der Waals surface area contributed by atoms with Gasteiger partial charge in [0.2, 0.25) is 0 Å². The third-order valence-corrected chi connectivity index (χ3v) is 2.22. The fourth-order valence-electron chi connectivity index (χ4n) is 0.765. The van der Waals surface area contributed by atoms with E-state index < -0.39 is 0 Å². The van der Waals surface area contributed by atoms with E-state index >= 15 is 0 Å². The van der Waals surface area contributed by atoms with Crippen LogP contribution in [-0.4, -0.2) is 6.61 Å². The molecule has 0 fully saturated rings. The summed E-state index contributed by atoms with van der Waals surface area (Å²) in [7, 11) is 0. The van der Waals surface area contributed by atoms with E-state index in [0.717, 1.165) is 13.2 Å². The van der Waals surface area contributed by atoms with E-state index in [2.05, 4.69) is 19.1 Å². The van der Waals surface area contributed by atoms with Crippen LogP contribution in [-0.2, 0) is 11.3 Å². The molecule has 1 heterocycles. The first kappa shape index (κ1) is 11.7. The molecule has 0 saturated heterocycles. The Morgan fingerprint density at radius 2 is 2.00 bits per heavy atom. The molecule has 1 aromatic heterocycles. The molecule has 0 atom stereocenters. The summed E-state index contributed by atoms with van der Waals surface area (Å²) in [4.78, 5) is 2.68. The van der Waals surface area contributed by atoms with Crippen LogP contribution in [0.1, 0.15) is 30.5 Å². The van der Waals surface area contributed by atoms with Crippen molar-refractivity contribution in [2.45, 2.75) is 34.3 Å². The van der Waals surface area contributed by atoms with E-state index in [0.29, 0.717) is 0 Å². The zero-order chi connectivity index (χ0) is 9.40. The minimum absolute atomic E-state index is 0.773. The maximum absolute atomic E-state index is 5.24. The third-order valence-electron chi connectivity index (χ3n) is 1.24. The van der Waals surface area contributed by atoms with Crippen molar-refractivity contribution >= 4 is 11.3 Å². The summed E-state index contributed by atoms with van der Waals surface area (Å²) >= 11 is 1.80. The maximum atomic E-state index is 5.24. The van der Waals surface area contributed by atoms with Gasteiger partial charge in [0.1, 0.15) is 0 Å². The lowest BCUT2D eigenvalue weighted by Gasteiger charge is -1.94. The van der Waals surface area contributed by atoms with Gasteiger partial charge >= 0.3 is 0 Å². The van der Waals surface area contributed by atoms with Crippen LogP contribution in [0.15, 0.2) is 12.1 Å². The van der Waals surface area contributed by atoms with Crippen molar-refractivity contribution in [3.05, 3.63) is 21.9 Å². The summed E-state index contributed by atoms with van der Waals surface area (Å²) in [6.45, 7) is 9.70. The average Bonchev–Trinajstić information content (AvgIpc) is 2.51. The van der Waals surface area contributed by atoms with E-state index in [4.69, 9.17) is 4.74 Å². The first-order valence-corrected chi connectivity index (χ1v) is 5.27. The Hall–Kier alpha value is -0.340. The smallest absolute Gasteiger partial charge is 0.0809 e. The maximum Gasteiger partial charge on any atom is 0.0809 e. The van der Waals surface area contributed by atoms with Crippen LogP contribution in [0.4, 0.5) is 0 Å². The first-order valence-electron chi connectivity index (χ1n) is 4.46. The van der Waals surface area contributed by atoms with Gasteiger partial charge in [0.15, 0.2) is 0 Å². The number of hydrogen-bond donors (Lipinski definition) is 0. The summed E-state index contributed by atoms with van der Waals surface area (Å²) in [5.74, 6) is 0. The lowest BCUT2D eigenvalue weighted by atomic mass is 10.4. The standard InChI is InChI=1S/C8H12OS.C2H6/c1-3-9-6-8-5-4-7(2)10-8;1-2/h4-5H,3,6H2,1-2H3;1-2H3. The minimum atomic E-state index is 0.773. The van der Waals surface area contributed by atoms with E-state index in [9.17, 15) is 0 Å². The Bertz CT molecular complexity index is 193. The molecule has 1 rings (SSSR count). The SMILES string of the molecule is CC.CCOCc1ccc(C)s1. The van der Waals surface area contributed by atoms with Crippen molar-refractivity contribution in [1.82, 2.24) is 0 Å². The first-order chi connectivity index (χ1) is 5.83. The van der Waals surface area contributed by atoms with Crippen LogP contribution in [0, 0.1) is 6.92 Å². The highest BCUT2D eigenvalue weighted by molar-refractivity contribution is 7.11. The molecule has 0 bridgehead atoms. The number of aryl methyl sites for hydroxylation is 1. The molecule has 0 N–H and O–H groups in total. The van der Waals surface area contributed by atoms with Crippen molar-refractivity contribution < 1.29 is 4.74 Å². The quantitative estimate of drug-likeness (QED) is 0.700. The van der Waals surface area contributed by atoms with E-state index in [1.807, 2.05) is 20.8 Å². The Balaban J connectivity index is 0.000000561. The van der Waals surface area contributed by atoms with Crippen LogP contribution in [0.2, 0.25) is 0 Å². The van der Waals surface area contributed by atoms with Gasteiger partial charge in [0, 0.05) is 16.4 Å². The van der Waals surface area contributed by atoms with Crippen LogP contribution < -0.4 is 0 Å². The zero-order valence-electron chi connectivity index (χ0n) is 8.39. The molecule has 70 valence electrons. The summed E-state index contributed by atoms with van der Waals surface area (Å²) in [6, 6.07) is 4.24. The summed E-state index contributed by atoms with van der Waals surface area (Å²) in [5, 5.41) is 0. The normalized spacial score (nSPS) is 9.00. The highest BCUT2D eigenvalue weighted by atomic mass is 32.1. The second-order valence-electron chi connectivity index (χ2n) is 2.15. The van der Waals surface area contributed by atoms with Gasteiger partial charge in [0.05, 0.1) is 6.61 Å². The largest absolute Gasteiger partial charge is 0.376 e. The molecule has 0 aliphatic rings. The molecule has 0 aliphatic heterocycles. The van der Waals surface area contributed by atoms with E-state index in [1.54, 1.807) is 11.3 Å². The Labute approximate surface area is 79.4 Å². The summed E-state index contributed by atoms with van der Waals surface area (Å²) < 4.78 is 5.24. The molecular weight excluding hydrogens is 168 g/mol. The predicted octanol–water partition coefficient (Wildman–Crippen LogP) is 3.62. The predicted molar refractivity (Wildman–Crippen MR) is 55.7 cm³/mol. The number of hydrogen-bond acceptors (Lipinski definition) is 2. The second-order valence-corrected chi connectivity index (χ2v) is 3.52. The molecule has 1 nitrogen and oxygen atoms in total. The van der Waals surface area contributed by atoms with Crippen LogP contribution in [0.5, 0.6) is 0 Å². The summed E-state index contributed by atoms with van der Waals surface area (Å²) in [5.41, 5.74) is 0. The topological polar surface area (TPSA) is 9.23 Å². The molecular formula is C10H18OS. The Morgan fingerprint density at radius 1 is 1.33 bits per heavy atom. The fourth-order valence-corrected chi connectivity index (χ4v) is 1.59. The number of rotatable bonds is 3. The molecule has 0 aromatic carbocycles. The monoisotopic (exact) mass is 186 g/mol. The number of thiophene rings is 1. The van der Waals surface area contributed by atoms with Gasteiger partial charge < -0.3 is 4.74 Å². The molecule has 0 unspecified atom stereocenters. The lowest BCUT2D eigenvalue weighted by Crippen LogP contribution is -1.87.